The molecule has 0 fully saturated rings. The van der Waals surface area contributed by atoms with Gasteiger partial charge >= 0.3 is 0 Å². The van der Waals surface area contributed by atoms with Crippen LogP contribution in [-0.2, 0) is 11.3 Å². The van der Waals surface area contributed by atoms with Crippen molar-refractivity contribution in [2.75, 3.05) is 20.8 Å². The van der Waals surface area contributed by atoms with Crippen LogP contribution in [0.5, 0.6) is 17.2 Å². The van der Waals surface area contributed by atoms with E-state index in [1.54, 1.807) is 36.4 Å². The van der Waals surface area contributed by atoms with E-state index < -0.39 is 0 Å². The monoisotopic (exact) mass is 319 g/mol. The van der Waals surface area contributed by atoms with Crippen molar-refractivity contribution < 1.29 is 23.4 Å². The smallest absolute Gasteiger partial charge is 0.258 e. The minimum atomic E-state index is -0.355. The van der Waals surface area contributed by atoms with Crippen LogP contribution >= 0.6 is 0 Å². The number of amides is 1. The zero-order valence-electron chi connectivity index (χ0n) is 13.0. The molecule has 0 radical (unpaired) electrons. The molecule has 2 aromatic carbocycles. The number of rotatable bonds is 7. The number of hydrogen-bond donors (Lipinski definition) is 1. The molecule has 0 aliphatic heterocycles. The number of benzene rings is 2. The Bertz CT molecular complexity index is 653. The minimum absolute atomic E-state index is 0.107. The van der Waals surface area contributed by atoms with Crippen LogP contribution in [0.1, 0.15) is 5.56 Å². The molecule has 6 heteroatoms. The second-order valence-corrected chi connectivity index (χ2v) is 4.71. The third-order valence-electron chi connectivity index (χ3n) is 3.13. The van der Waals surface area contributed by atoms with E-state index in [0.29, 0.717) is 22.8 Å². The summed E-state index contributed by atoms with van der Waals surface area (Å²) < 4.78 is 29.1. The zero-order chi connectivity index (χ0) is 16.7. The highest BCUT2D eigenvalue weighted by Gasteiger charge is 2.07. The first-order valence-electron chi connectivity index (χ1n) is 6.98. The number of carbonyl (C=O) groups is 1. The predicted molar refractivity (Wildman–Crippen MR) is 83.3 cm³/mol. The number of carbonyl (C=O) groups excluding carboxylic acids is 1. The van der Waals surface area contributed by atoms with Crippen LogP contribution in [-0.4, -0.2) is 26.7 Å². The highest BCUT2D eigenvalue weighted by molar-refractivity contribution is 5.77. The van der Waals surface area contributed by atoms with Crippen molar-refractivity contribution in [2.24, 2.45) is 0 Å². The summed E-state index contributed by atoms with van der Waals surface area (Å²) in [5.41, 5.74) is 0.420. The van der Waals surface area contributed by atoms with Crippen molar-refractivity contribution >= 4 is 5.91 Å². The van der Waals surface area contributed by atoms with Gasteiger partial charge in [-0.3, -0.25) is 4.79 Å². The van der Waals surface area contributed by atoms with Gasteiger partial charge in [0, 0.05) is 30.3 Å². The van der Waals surface area contributed by atoms with E-state index in [1.165, 1.54) is 20.3 Å². The third kappa shape index (κ3) is 4.88. The molecule has 0 heterocycles. The molecule has 2 aromatic rings. The van der Waals surface area contributed by atoms with Crippen molar-refractivity contribution in [3.63, 3.8) is 0 Å². The second-order valence-electron chi connectivity index (χ2n) is 4.71. The van der Waals surface area contributed by atoms with Crippen molar-refractivity contribution in [3.05, 3.63) is 53.8 Å². The summed E-state index contributed by atoms with van der Waals surface area (Å²) in [5, 5.41) is 2.60. The fourth-order valence-corrected chi connectivity index (χ4v) is 1.90. The SMILES string of the molecule is COc1cc(OC)cc(OCC(=O)NCc2ccccc2F)c1. The number of hydrogen-bond acceptors (Lipinski definition) is 4. The van der Waals surface area contributed by atoms with Crippen LogP contribution in [0.15, 0.2) is 42.5 Å². The Kier molecular flexibility index (Phi) is 5.80. The van der Waals surface area contributed by atoms with Crippen LogP contribution in [0.3, 0.4) is 0 Å². The maximum absolute atomic E-state index is 13.4. The molecule has 1 N–H and O–H groups in total. The summed E-state index contributed by atoms with van der Waals surface area (Å²) >= 11 is 0. The summed E-state index contributed by atoms with van der Waals surface area (Å²) in [6.45, 7) is -0.0823. The molecule has 122 valence electrons. The molecule has 0 atom stereocenters. The lowest BCUT2D eigenvalue weighted by molar-refractivity contribution is -0.123. The molecule has 0 saturated heterocycles. The lowest BCUT2D eigenvalue weighted by atomic mass is 10.2. The summed E-state index contributed by atoms with van der Waals surface area (Å²) in [6, 6.07) is 11.3. The van der Waals surface area contributed by atoms with Gasteiger partial charge in [-0.05, 0) is 6.07 Å². The molecule has 0 aromatic heterocycles. The fourth-order valence-electron chi connectivity index (χ4n) is 1.90. The van der Waals surface area contributed by atoms with Gasteiger partial charge in [-0.2, -0.15) is 0 Å². The highest BCUT2D eigenvalue weighted by atomic mass is 19.1. The Morgan fingerprint density at radius 1 is 1.04 bits per heavy atom. The van der Waals surface area contributed by atoms with Crippen molar-refractivity contribution in [1.82, 2.24) is 5.32 Å². The molecule has 23 heavy (non-hydrogen) atoms. The van der Waals surface area contributed by atoms with E-state index in [1.807, 2.05) is 0 Å². The summed E-state index contributed by atoms with van der Waals surface area (Å²) in [4.78, 5) is 11.8. The number of methoxy groups -OCH3 is 2. The average molecular weight is 319 g/mol. The van der Waals surface area contributed by atoms with Crippen molar-refractivity contribution in [3.8, 4) is 17.2 Å². The van der Waals surface area contributed by atoms with Crippen molar-refractivity contribution in [1.29, 1.82) is 0 Å². The third-order valence-corrected chi connectivity index (χ3v) is 3.13. The van der Waals surface area contributed by atoms with Gasteiger partial charge in [0.2, 0.25) is 0 Å². The van der Waals surface area contributed by atoms with E-state index in [4.69, 9.17) is 14.2 Å². The van der Waals surface area contributed by atoms with E-state index in [2.05, 4.69) is 5.32 Å². The lowest BCUT2D eigenvalue weighted by Crippen LogP contribution is -2.28. The van der Waals surface area contributed by atoms with Gasteiger partial charge in [-0.1, -0.05) is 18.2 Å². The van der Waals surface area contributed by atoms with Crippen LogP contribution in [0.4, 0.5) is 4.39 Å². The van der Waals surface area contributed by atoms with Crippen LogP contribution < -0.4 is 19.5 Å². The van der Waals surface area contributed by atoms with Gasteiger partial charge in [-0.15, -0.1) is 0 Å². The zero-order valence-corrected chi connectivity index (χ0v) is 13.0. The van der Waals surface area contributed by atoms with Gasteiger partial charge < -0.3 is 19.5 Å². The standard InChI is InChI=1S/C17H18FNO4/c1-21-13-7-14(22-2)9-15(8-13)23-11-17(20)19-10-12-5-3-4-6-16(12)18/h3-9H,10-11H2,1-2H3,(H,19,20). The number of nitrogens with one attached hydrogen (secondary N) is 1. The molecular weight excluding hydrogens is 301 g/mol. The van der Waals surface area contributed by atoms with Gasteiger partial charge in [-0.25, -0.2) is 4.39 Å². The molecule has 0 aliphatic rings. The Labute approximate surface area is 134 Å². The van der Waals surface area contributed by atoms with E-state index >= 15 is 0 Å². The Morgan fingerprint density at radius 3 is 2.26 bits per heavy atom. The Morgan fingerprint density at radius 2 is 1.65 bits per heavy atom. The Hall–Kier alpha value is -2.76. The number of ether oxygens (including phenoxy) is 3. The highest BCUT2D eigenvalue weighted by Crippen LogP contribution is 2.27. The average Bonchev–Trinajstić information content (AvgIpc) is 2.58. The van der Waals surface area contributed by atoms with E-state index in [9.17, 15) is 9.18 Å². The van der Waals surface area contributed by atoms with E-state index in [0.717, 1.165) is 0 Å². The molecule has 1 amide bonds. The number of halogens is 1. The first-order chi connectivity index (χ1) is 11.1. The van der Waals surface area contributed by atoms with Gasteiger partial charge in [0.25, 0.3) is 5.91 Å². The van der Waals surface area contributed by atoms with Gasteiger partial charge in [0.1, 0.15) is 23.1 Å². The minimum Gasteiger partial charge on any atom is -0.496 e. The quantitative estimate of drug-likeness (QED) is 0.852. The second kappa shape index (κ2) is 8.03. The molecular formula is C17H18FNO4. The topological polar surface area (TPSA) is 56.8 Å². The van der Waals surface area contributed by atoms with Gasteiger partial charge in [0.15, 0.2) is 6.61 Å². The molecule has 0 spiro atoms. The molecule has 5 nitrogen and oxygen atoms in total. The Balaban J connectivity index is 1.88. The molecule has 0 unspecified atom stereocenters. The molecule has 0 aliphatic carbocycles. The normalized spacial score (nSPS) is 10.0. The maximum Gasteiger partial charge on any atom is 0.258 e. The van der Waals surface area contributed by atoms with E-state index in [-0.39, 0.29) is 24.9 Å². The first-order valence-corrected chi connectivity index (χ1v) is 6.98. The van der Waals surface area contributed by atoms with Gasteiger partial charge in [0.05, 0.1) is 14.2 Å². The summed E-state index contributed by atoms with van der Waals surface area (Å²) in [5.74, 6) is 0.862. The largest absolute Gasteiger partial charge is 0.496 e. The first kappa shape index (κ1) is 16.6. The fraction of sp³-hybridized carbons (Fsp3) is 0.235. The molecule has 2 rings (SSSR count). The maximum atomic E-state index is 13.4. The lowest BCUT2D eigenvalue weighted by Gasteiger charge is -2.10. The molecule has 0 saturated carbocycles. The van der Waals surface area contributed by atoms with Crippen molar-refractivity contribution in [2.45, 2.75) is 6.54 Å². The summed E-state index contributed by atoms with van der Waals surface area (Å²) in [6.07, 6.45) is 0. The molecule has 0 bridgehead atoms. The van der Waals surface area contributed by atoms with Crippen LogP contribution in [0.2, 0.25) is 0 Å². The van der Waals surface area contributed by atoms with Crippen LogP contribution in [0, 0.1) is 5.82 Å². The summed E-state index contributed by atoms with van der Waals surface area (Å²) in [7, 11) is 3.05. The predicted octanol–water partition coefficient (Wildman–Crippen LogP) is 2.54. The van der Waals surface area contributed by atoms with Crippen LogP contribution in [0.25, 0.3) is 0 Å².